The fourth-order valence-corrected chi connectivity index (χ4v) is 4.09. The highest BCUT2D eigenvalue weighted by atomic mass is 16.5. The summed E-state index contributed by atoms with van der Waals surface area (Å²) < 4.78 is 7.53. The van der Waals surface area contributed by atoms with E-state index in [1.165, 1.54) is 12.8 Å². The van der Waals surface area contributed by atoms with Crippen molar-refractivity contribution in [1.82, 2.24) is 14.7 Å². The minimum absolute atomic E-state index is 0.0812. The molecule has 1 aromatic carbocycles. The monoisotopic (exact) mass is 367 g/mol. The smallest absolute Gasteiger partial charge is 0.356 e. The number of nitrogens with zero attached hydrogens (tertiary/aromatic N) is 3. The summed E-state index contributed by atoms with van der Waals surface area (Å²) in [5, 5.41) is 13.9. The highest BCUT2D eigenvalue weighted by Crippen LogP contribution is 2.34. The van der Waals surface area contributed by atoms with Crippen molar-refractivity contribution in [2.24, 2.45) is 5.92 Å². The number of rotatable bonds is 4. The van der Waals surface area contributed by atoms with E-state index < -0.39 is 5.97 Å². The Morgan fingerprint density at radius 1 is 1.26 bits per heavy atom. The number of fused-ring (bicyclic) bond motifs is 2. The molecule has 3 heterocycles. The first-order chi connectivity index (χ1) is 13.1. The van der Waals surface area contributed by atoms with E-state index in [1.54, 1.807) is 11.0 Å². The predicted octanol–water partition coefficient (Wildman–Crippen LogP) is 2.12. The summed E-state index contributed by atoms with van der Waals surface area (Å²) in [5.74, 6) is 0.153. The Morgan fingerprint density at radius 2 is 2.11 bits per heavy atom. The Balaban J connectivity index is 1.45. The van der Waals surface area contributed by atoms with E-state index in [4.69, 9.17) is 4.74 Å². The molecule has 1 N–H and O–H groups in total. The number of carboxylic acid groups (broad SMARTS) is 1. The summed E-state index contributed by atoms with van der Waals surface area (Å²) in [6, 6.07) is 5.65. The first kappa shape index (κ1) is 16.4. The predicted molar refractivity (Wildman–Crippen MR) is 96.0 cm³/mol. The number of para-hydroxylation sites is 1. The van der Waals surface area contributed by atoms with Crippen LogP contribution in [-0.4, -0.2) is 44.8 Å². The average Bonchev–Trinajstić information content (AvgIpc) is 3.22. The van der Waals surface area contributed by atoms with Crippen molar-refractivity contribution in [1.29, 1.82) is 0 Å². The minimum Gasteiger partial charge on any atom is -0.492 e. The maximum atomic E-state index is 13.1. The molecule has 2 aliphatic heterocycles. The van der Waals surface area contributed by atoms with Gasteiger partial charge >= 0.3 is 5.97 Å². The van der Waals surface area contributed by atoms with E-state index in [-0.39, 0.29) is 18.1 Å². The van der Waals surface area contributed by atoms with Crippen molar-refractivity contribution < 1.29 is 19.4 Å². The second-order valence-corrected chi connectivity index (χ2v) is 7.57. The molecule has 1 amide bonds. The van der Waals surface area contributed by atoms with Crippen molar-refractivity contribution in [2.75, 3.05) is 13.2 Å². The maximum absolute atomic E-state index is 13.1. The van der Waals surface area contributed by atoms with Gasteiger partial charge in [0.15, 0.2) is 5.69 Å². The van der Waals surface area contributed by atoms with Crippen LogP contribution in [0.3, 0.4) is 0 Å². The summed E-state index contributed by atoms with van der Waals surface area (Å²) in [6.07, 6.45) is 3.81. The number of carbonyl (C=O) groups excluding carboxylic acids is 1. The largest absolute Gasteiger partial charge is 0.492 e. The molecule has 7 heteroatoms. The summed E-state index contributed by atoms with van der Waals surface area (Å²) in [4.78, 5) is 26.5. The molecule has 7 nitrogen and oxygen atoms in total. The molecule has 1 aromatic heterocycles. The highest BCUT2D eigenvalue weighted by Gasteiger charge is 2.33. The molecule has 1 saturated carbocycles. The molecule has 0 unspecified atom stereocenters. The molecular formula is C20H21N3O4. The SMILES string of the molecule is O=C(O)c1nn(CC2CC2)c2c1CN(C(=O)c1cccc3c1OCC3)CC2. The lowest BCUT2D eigenvalue weighted by atomic mass is 10.0. The second kappa shape index (κ2) is 6.11. The molecule has 0 atom stereocenters. The van der Waals surface area contributed by atoms with Gasteiger partial charge in [0.2, 0.25) is 0 Å². The lowest BCUT2D eigenvalue weighted by molar-refractivity contribution is 0.0673. The lowest BCUT2D eigenvalue weighted by Crippen LogP contribution is -2.37. The molecule has 0 saturated heterocycles. The van der Waals surface area contributed by atoms with Crippen LogP contribution in [0.1, 0.15) is 50.5 Å². The zero-order valence-electron chi connectivity index (χ0n) is 15.0. The molecule has 5 rings (SSSR count). The Bertz CT molecular complexity index is 945. The van der Waals surface area contributed by atoms with Gasteiger partial charge in [-0.3, -0.25) is 9.48 Å². The third kappa shape index (κ3) is 2.78. The van der Waals surface area contributed by atoms with Crippen LogP contribution in [0.2, 0.25) is 0 Å². The number of ether oxygens (including phenoxy) is 1. The molecule has 1 aliphatic carbocycles. The number of hydrogen-bond donors (Lipinski definition) is 1. The molecule has 3 aliphatic rings. The molecule has 2 aromatic rings. The summed E-state index contributed by atoms with van der Waals surface area (Å²) in [5.41, 5.74) is 3.35. The minimum atomic E-state index is -1.03. The highest BCUT2D eigenvalue weighted by molar-refractivity contribution is 5.98. The normalized spacial score (nSPS) is 18.0. The molecule has 0 spiro atoms. The van der Waals surface area contributed by atoms with Crippen molar-refractivity contribution in [3.8, 4) is 5.75 Å². The first-order valence-corrected chi connectivity index (χ1v) is 9.47. The zero-order chi connectivity index (χ0) is 18.5. The number of benzene rings is 1. The van der Waals surface area contributed by atoms with E-state index in [9.17, 15) is 14.7 Å². The fourth-order valence-electron chi connectivity index (χ4n) is 4.09. The average molecular weight is 367 g/mol. The lowest BCUT2D eigenvalue weighted by Gasteiger charge is -2.28. The third-order valence-corrected chi connectivity index (χ3v) is 5.70. The summed E-state index contributed by atoms with van der Waals surface area (Å²) in [7, 11) is 0. The van der Waals surface area contributed by atoms with Gasteiger partial charge in [0.05, 0.1) is 18.7 Å². The Hall–Kier alpha value is -2.83. The van der Waals surface area contributed by atoms with Crippen LogP contribution < -0.4 is 4.74 Å². The van der Waals surface area contributed by atoms with Gasteiger partial charge in [-0.1, -0.05) is 12.1 Å². The summed E-state index contributed by atoms with van der Waals surface area (Å²) in [6.45, 7) is 2.22. The molecule has 140 valence electrons. The number of amides is 1. The van der Waals surface area contributed by atoms with Crippen LogP contribution in [0.25, 0.3) is 0 Å². The molecule has 0 radical (unpaired) electrons. The van der Waals surface area contributed by atoms with E-state index in [1.807, 2.05) is 16.8 Å². The van der Waals surface area contributed by atoms with Gasteiger partial charge in [0.1, 0.15) is 5.75 Å². The van der Waals surface area contributed by atoms with Gasteiger partial charge in [0.25, 0.3) is 5.91 Å². The van der Waals surface area contributed by atoms with Gasteiger partial charge in [-0.05, 0) is 30.4 Å². The van der Waals surface area contributed by atoms with Gasteiger partial charge < -0.3 is 14.7 Å². The zero-order valence-corrected chi connectivity index (χ0v) is 15.0. The third-order valence-electron chi connectivity index (χ3n) is 5.70. The molecule has 1 fully saturated rings. The van der Waals surface area contributed by atoms with Gasteiger partial charge in [-0.2, -0.15) is 5.10 Å². The van der Waals surface area contributed by atoms with Crippen LogP contribution in [-0.2, 0) is 25.9 Å². The molecular weight excluding hydrogens is 346 g/mol. The van der Waals surface area contributed by atoms with E-state index >= 15 is 0 Å². The van der Waals surface area contributed by atoms with Crippen molar-refractivity contribution >= 4 is 11.9 Å². The van der Waals surface area contributed by atoms with Crippen molar-refractivity contribution in [3.63, 3.8) is 0 Å². The number of carboxylic acids is 1. The fraction of sp³-hybridized carbons (Fsp3) is 0.450. The van der Waals surface area contributed by atoms with Crippen molar-refractivity contribution in [2.45, 2.75) is 38.8 Å². The Morgan fingerprint density at radius 3 is 2.89 bits per heavy atom. The van der Waals surface area contributed by atoms with Crippen LogP contribution in [0.5, 0.6) is 5.75 Å². The standard InChI is InChI=1S/C20H21N3O4/c24-19(14-3-1-2-13-7-9-27-18(13)14)22-8-6-16-15(11-22)17(20(25)26)21-23(16)10-12-4-5-12/h1-3,12H,4-11H2,(H,25,26). The number of hydrogen-bond acceptors (Lipinski definition) is 4. The van der Waals surface area contributed by atoms with Crippen LogP contribution in [0, 0.1) is 5.92 Å². The van der Waals surface area contributed by atoms with Crippen molar-refractivity contribution in [3.05, 3.63) is 46.3 Å². The van der Waals surface area contributed by atoms with Gasteiger partial charge in [-0.25, -0.2) is 4.79 Å². The van der Waals surface area contributed by atoms with Crippen LogP contribution in [0.4, 0.5) is 0 Å². The van der Waals surface area contributed by atoms with E-state index in [0.717, 1.165) is 24.2 Å². The Labute approximate surface area is 156 Å². The summed E-state index contributed by atoms with van der Waals surface area (Å²) >= 11 is 0. The van der Waals surface area contributed by atoms with E-state index in [0.29, 0.717) is 42.4 Å². The molecule has 0 bridgehead atoms. The van der Waals surface area contributed by atoms with E-state index in [2.05, 4.69) is 5.10 Å². The number of carbonyl (C=O) groups is 2. The second-order valence-electron chi connectivity index (χ2n) is 7.57. The number of aromatic nitrogens is 2. The maximum Gasteiger partial charge on any atom is 0.356 e. The van der Waals surface area contributed by atoms with Gasteiger partial charge in [-0.15, -0.1) is 0 Å². The first-order valence-electron chi connectivity index (χ1n) is 9.47. The van der Waals surface area contributed by atoms with Crippen LogP contribution in [0.15, 0.2) is 18.2 Å². The van der Waals surface area contributed by atoms with Crippen LogP contribution >= 0.6 is 0 Å². The Kier molecular flexibility index (Phi) is 3.70. The number of aromatic carboxylic acids is 1. The quantitative estimate of drug-likeness (QED) is 0.895. The van der Waals surface area contributed by atoms with Gasteiger partial charge in [0, 0.05) is 37.2 Å². The topological polar surface area (TPSA) is 84.7 Å². The molecule has 27 heavy (non-hydrogen) atoms.